The Bertz CT molecular complexity index is 662. The molecule has 0 fully saturated rings. The number of carbonyl (C=O) groups excluding carboxylic acids is 2. The second kappa shape index (κ2) is 4.38. The van der Waals surface area contributed by atoms with Crippen LogP contribution in [0.2, 0.25) is 0 Å². The van der Waals surface area contributed by atoms with Gasteiger partial charge in [0, 0.05) is 0 Å². The summed E-state index contributed by atoms with van der Waals surface area (Å²) in [5, 5.41) is 2.68. The van der Waals surface area contributed by atoms with Crippen LogP contribution in [-0.4, -0.2) is 28.0 Å². The van der Waals surface area contributed by atoms with E-state index in [1.54, 1.807) is 11.5 Å². The summed E-state index contributed by atoms with van der Waals surface area (Å²) in [5.74, 6) is -0.224. The Labute approximate surface area is 109 Å². The first kappa shape index (κ1) is 11.7. The van der Waals surface area contributed by atoms with Crippen molar-refractivity contribution in [2.75, 3.05) is 11.9 Å². The zero-order chi connectivity index (χ0) is 13.4. The fourth-order valence-corrected chi connectivity index (χ4v) is 2.32. The predicted octanol–water partition coefficient (Wildman–Crippen LogP) is 1.48. The number of carbonyl (C=O) groups is 2. The summed E-state index contributed by atoms with van der Waals surface area (Å²) in [6.45, 7) is 2.03. The lowest BCUT2D eigenvalue weighted by Gasteiger charge is -2.23. The van der Waals surface area contributed by atoms with Gasteiger partial charge in [-0.25, -0.2) is 9.78 Å². The number of aromatic nitrogens is 2. The number of rotatable bonds is 2. The van der Waals surface area contributed by atoms with E-state index in [9.17, 15) is 9.59 Å². The summed E-state index contributed by atoms with van der Waals surface area (Å²) in [4.78, 5) is 28.0. The monoisotopic (exact) mass is 259 g/mol. The first-order valence-electron chi connectivity index (χ1n) is 6.14. The van der Waals surface area contributed by atoms with E-state index in [0.717, 1.165) is 11.0 Å². The minimum atomic E-state index is -0.643. The van der Waals surface area contributed by atoms with Gasteiger partial charge in [0.1, 0.15) is 6.04 Å². The maximum atomic E-state index is 12.0. The maximum absolute atomic E-state index is 12.0. The molecule has 19 heavy (non-hydrogen) atoms. The molecule has 0 saturated heterocycles. The largest absolute Gasteiger partial charge is 0.464 e. The third-order valence-corrected chi connectivity index (χ3v) is 3.10. The molecule has 0 aliphatic carbocycles. The van der Waals surface area contributed by atoms with Gasteiger partial charge in [0.05, 0.1) is 24.1 Å². The van der Waals surface area contributed by atoms with Crippen LogP contribution in [0.5, 0.6) is 0 Å². The quantitative estimate of drug-likeness (QED) is 0.829. The van der Waals surface area contributed by atoms with Crippen LogP contribution in [0.4, 0.5) is 5.95 Å². The number of ether oxygens (including phenoxy) is 1. The van der Waals surface area contributed by atoms with E-state index in [0.29, 0.717) is 12.6 Å². The number of hydrogen-bond acceptors (Lipinski definition) is 4. The van der Waals surface area contributed by atoms with Gasteiger partial charge >= 0.3 is 5.97 Å². The Morgan fingerprint density at radius 3 is 3.11 bits per heavy atom. The molecule has 0 saturated carbocycles. The number of benzene rings is 1. The van der Waals surface area contributed by atoms with Crippen molar-refractivity contribution in [3.63, 3.8) is 0 Å². The minimum absolute atomic E-state index is 0.0756. The Balaban J connectivity index is 2.15. The van der Waals surface area contributed by atoms with Crippen LogP contribution in [0, 0.1) is 0 Å². The molecule has 1 amide bonds. The second-order valence-corrected chi connectivity index (χ2v) is 4.31. The van der Waals surface area contributed by atoms with Crippen molar-refractivity contribution in [1.29, 1.82) is 0 Å². The van der Waals surface area contributed by atoms with Crippen molar-refractivity contribution in [3.05, 3.63) is 24.3 Å². The van der Waals surface area contributed by atoms with E-state index >= 15 is 0 Å². The summed E-state index contributed by atoms with van der Waals surface area (Å²) < 4.78 is 6.77. The molecule has 98 valence electrons. The Morgan fingerprint density at radius 1 is 1.53 bits per heavy atom. The summed E-state index contributed by atoms with van der Waals surface area (Å²) in [7, 11) is 0. The van der Waals surface area contributed by atoms with E-state index in [-0.39, 0.29) is 12.3 Å². The van der Waals surface area contributed by atoms with Gasteiger partial charge in [-0.2, -0.15) is 0 Å². The number of amides is 1. The highest BCUT2D eigenvalue weighted by molar-refractivity contribution is 5.98. The van der Waals surface area contributed by atoms with Crippen LogP contribution < -0.4 is 5.32 Å². The average Bonchev–Trinajstić information content (AvgIpc) is 2.75. The van der Waals surface area contributed by atoms with E-state index in [1.807, 2.05) is 24.3 Å². The van der Waals surface area contributed by atoms with Crippen LogP contribution in [-0.2, 0) is 14.3 Å². The molecular formula is C13H13N3O3. The summed E-state index contributed by atoms with van der Waals surface area (Å²) >= 11 is 0. The fourth-order valence-electron chi connectivity index (χ4n) is 2.32. The Morgan fingerprint density at radius 2 is 2.32 bits per heavy atom. The average molecular weight is 259 g/mol. The maximum Gasteiger partial charge on any atom is 0.329 e. The molecule has 1 N–H and O–H groups in total. The van der Waals surface area contributed by atoms with Crippen molar-refractivity contribution < 1.29 is 14.3 Å². The minimum Gasteiger partial charge on any atom is -0.464 e. The molecule has 0 bridgehead atoms. The van der Waals surface area contributed by atoms with Gasteiger partial charge in [-0.15, -0.1) is 0 Å². The van der Waals surface area contributed by atoms with Crippen LogP contribution in [0.1, 0.15) is 19.4 Å². The lowest BCUT2D eigenvalue weighted by molar-refractivity contribution is -0.148. The van der Waals surface area contributed by atoms with Gasteiger partial charge in [0.15, 0.2) is 0 Å². The standard InChI is InChI=1S/C13H13N3O3/c1-2-19-12(18)10-7-11(17)15-13-14-8-5-3-4-6-9(8)16(10)13/h3-6,10H,2,7H2,1H3,(H,14,15,17). The molecule has 1 unspecified atom stereocenters. The first-order chi connectivity index (χ1) is 9.20. The number of imidazole rings is 1. The zero-order valence-corrected chi connectivity index (χ0v) is 10.4. The fraction of sp³-hybridized carbons (Fsp3) is 0.308. The Hall–Kier alpha value is -2.37. The molecule has 1 aromatic carbocycles. The van der Waals surface area contributed by atoms with Crippen LogP contribution in [0.15, 0.2) is 24.3 Å². The van der Waals surface area contributed by atoms with Gasteiger partial charge in [-0.05, 0) is 19.1 Å². The number of para-hydroxylation sites is 2. The van der Waals surface area contributed by atoms with Crippen LogP contribution >= 0.6 is 0 Å². The van der Waals surface area contributed by atoms with Crippen LogP contribution in [0.25, 0.3) is 11.0 Å². The molecule has 1 aliphatic heterocycles. The zero-order valence-electron chi connectivity index (χ0n) is 10.4. The molecule has 1 atom stereocenters. The molecule has 0 radical (unpaired) electrons. The highest BCUT2D eigenvalue weighted by atomic mass is 16.5. The van der Waals surface area contributed by atoms with E-state index in [2.05, 4.69) is 10.3 Å². The number of nitrogens with zero attached hydrogens (tertiary/aromatic N) is 2. The van der Waals surface area contributed by atoms with E-state index < -0.39 is 12.0 Å². The van der Waals surface area contributed by atoms with Gasteiger partial charge in [0.25, 0.3) is 0 Å². The normalized spacial score (nSPS) is 17.9. The summed E-state index contributed by atoms with van der Waals surface area (Å²) in [6.07, 6.45) is 0.0756. The molecule has 2 aromatic rings. The molecule has 1 aliphatic rings. The number of fused-ring (bicyclic) bond motifs is 3. The second-order valence-electron chi connectivity index (χ2n) is 4.31. The van der Waals surface area contributed by atoms with Gasteiger partial charge in [-0.1, -0.05) is 12.1 Å². The number of anilines is 1. The summed E-state index contributed by atoms with van der Waals surface area (Å²) in [6, 6.07) is 6.80. The van der Waals surface area contributed by atoms with Gasteiger partial charge in [-0.3, -0.25) is 14.7 Å². The molecule has 6 nitrogen and oxygen atoms in total. The lowest BCUT2D eigenvalue weighted by Crippen LogP contribution is -2.33. The highest BCUT2D eigenvalue weighted by Gasteiger charge is 2.33. The SMILES string of the molecule is CCOC(=O)C1CC(=O)Nc2nc3ccccc3n21. The third kappa shape index (κ3) is 1.85. The van der Waals surface area contributed by atoms with Crippen molar-refractivity contribution in [2.45, 2.75) is 19.4 Å². The molecule has 1 aromatic heterocycles. The lowest BCUT2D eigenvalue weighted by atomic mass is 10.1. The van der Waals surface area contributed by atoms with Crippen molar-refractivity contribution in [1.82, 2.24) is 9.55 Å². The smallest absolute Gasteiger partial charge is 0.329 e. The number of esters is 1. The number of nitrogens with one attached hydrogen (secondary N) is 1. The molecule has 3 rings (SSSR count). The van der Waals surface area contributed by atoms with E-state index in [4.69, 9.17) is 4.74 Å². The molecule has 2 heterocycles. The molecular weight excluding hydrogens is 246 g/mol. The predicted molar refractivity (Wildman–Crippen MR) is 68.6 cm³/mol. The molecule has 0 spiro atoms. The summed E-state index contributed by atoms with van der Waals surface area (Å²) in [5.41, 5.74) is 1.56. The third-order valence-electron chi connectivity index (χ3n) is 3.10. The van der Waals surface area contributed by atoms with Gasteiger partial charge in [0.2, 0.25) is 11.9 Å². The molecule has 6 heteroatoms. The van der Waals surface area contributed by atoms with E-state index in [1.165, 1.54) is 0 Å². The Kier molecular flexibility index (Phi) is 2.70. The van der Waals surface area contributed by atoms with Gasteiger partial charge < -0.3 is 4.74 Å². The topological polar surface area (TPSA) is 73.2 Å². The van der Waals surface area contributed by atoms with Crippen LogP contribution in [0.3, 0.4) is 0 Å². The number of hydrogen-bond donors (Lipinski definition) is 1. The highest BCUT2D eigenvalue weighted by Crippen LogP contribution is 2.30. The van der Waals surface area contributed by atoms with Crippen molar-refractivity contribution in [3.8, 4) is 0 Å². The van der Waals surface area contributed by atoms with Crippen molar-refractivity contribution >= 4 is 28.9 Å². The first-order valence-corrected chi connectivity index (χ1v) is 6.14. The van der Waals surface area contributed by atoms with Crippen molar-refractivity contribution in [2.24, 2.45) is 0 Å².